The summed E-state index contributed by atoms with van der Waals surface area (Å²) < 4.78 is 1.56. The van der Waals surface area contributed by atoms with Crippen molar-refractivity contribution >= 4 is 17.5 Å². The number of carbonyl (C=O) groups excluding carboxylic acids is 1. The average molecular weight is 329 g/mol. The first-order valence-electron chi connectivity index (χ1n) is 7.88. The molecule has 1 atom stereocenters. The van der Waals surface area contributed by atoms with Crippen molar-refractivity contribution in [3.05, 3.63) is 16.4 Å². The predicted molar refractivity (Wildman–Crippen MR) is 86.2 cm³/mol. The zero-order chi connectivity index (χ0) is 16.3. The molecule has 124 valence electrons. The molecule has 1 aromatic rings. The third kappa shape index (κ3) is 3.29. The Morgan fingerprint density at radius 1 is 1.32 bits per heavy atom. The predicted octanol–water partition coefficient (Wildman–Crippen LogP) is 1.16. The molecule has 1 unspecified atom stereocenters. The number of amides is 1. The number of aromatic nitrogens is 2. The van der Waals surface area contributed by atoms with Crippen LogP contribution in [0.15, 0.2) is 0 Å². The topological polar surface area (TPSA) is 61.6 Å². The van der Waals surface area contributed by atoms with Crippen LogP contribution in [0.2, 0.25) is 5.15 Å². The Kier molecular flexibility index (Phi) is 5.83. The van der Waals surface area contributed by atoms with Gasteiger partial charge in [-0.1, -0.05) is 25.4 Å². The third-order valence-electron chi connectivity index (χ3n) is 4.40. The van der Waals surface area contributed by atoms with Gasteiger partial charge in [-0.3, -0.25) is 14.4 Å². The fourth-order valence-electron chi connectivity index (χ4n) is 2.97. The van der Waals surface area contributed by atoms with Crippen LogP contribution in [0.3, 0.4) is 0 Å². The Morgan fingerprint density at radius 3 is 2.45 bits per heavy atom. The highest BCUT2D eigenvalue weighted by atomic mass is 35.5. The summed E-state index contributed by atoms with van der Waals surface area (Å²) in [5.74, 6) is -0.0355. The second-order valence-corrected chi connectivity index (χ2v) is 6.02. The number of carbonyl (C=O) groups is 1. The normalized spacial score (nSPS) is 17.8. The second-order valence-electron chi connectivity index (χ2n) is 5.66. The van der Waals surface area contributed by atoms with Crippen LogP contribution in [-0.2, 0) is 13.5 Å². The van der Waals surface area contributed by atoms with Crippen molar-refractivity contribution in [1.29, 1.82) is 0 Å². The lowest BCUT2D eigenvalue weighted by atomic mass is 10.1. The lowest BCUT2D eigenvalue weighted by Gasteiger charge is -2.38. The Hall–Kier alpha value is -1.11. The average Bonchev–Trinajstić information content (AvgIpc) is 2.83. The summed E-state index contributed by atoms with van der Waals surface area (Å²) >= 11 is 6.24. The number of hydrogen-bond donors (Lipinski definition) is 1. The summed E-state index contributed by atoms with van der Waals surface area (Å²) in [5, 5.41) is 14.1. The van der Waals surface area contributed by atoms with Crippen molar-refractivity contribution in [3.8, 4) is 0 Å². The van der Waals surface area contributed by atoms with E-state index >= 15 is 0 Å². The van der Waals surface area contributed by atoms with E-state index in [2.05, 4.69) is 16.9 Å². The van der Waals surface area contributed by atoms with Gasteiger partial charge in [0.05, 0.1) is 17.9 Å². The third-order valence-corrected chi connectivity index (χ3v) is 4.83. The van der Waals surface area contributed by atoms with Crippen LogP contribution in [0.1, 0.15) is 36.3 Å². The highest BCUT2D eigenvalue weighted by Crippen LogP contribution is 2.22. The molecule has 0 aromatic carbocycles. The number of piperazine rings is 1. The smallest absolute Gasteiger partial charge is 0.258 e. The summed E-state index contributed by atoms with van der Waals surface area (Å²) in [7, 11) is 1.75. The molecule has 1 aliphatic heterocycles. The van der Waals surface area contributed by atoms with Gasteiger partial charge in [0.2, 0.25) is 0 Å². The molecule has 2 heterocycles. The van der Waals surface area contributed by atoms with Crippen LogP contribution in [-0.4, -0.2) is 69.4 Å². The van der Waals surface area contributed by atoms with E-state index in [9.17, 15) is 9.90 Å². The minimum Gasteiger partial charge on any atom is -0.395 e. The van der Waals surface area contributed by atoms with Crippen molar-refractivity contribution < 1.29 is 9.90 Å². The lowest BCUT2D eigenvalue weighted by Crippen LogP contribution is -2.52. The maximum Gasteiger partial charge on any atom is 0.258 e. The van der Waals surface area contributed by atoms with Crippen LogP contribution in [0.5, 0.6) is 0 Å². The first kappa shape index (κ1) is 17.2. The minimum atomic E-state index is -0.0355. The van der Waals surface area contributed by atoms with Crippen molar-refractivity contribution in [3.63, 3.8) is 0 Å². The Labute approximate surface area is 136 Å². The van der Waals surface area contributed by atoms with E-state index in [1.165, 1.54) is 0 Å². The van der Waals surface area contributed by atoms with Crippen LogP contribution < -0.4 is 0 Å². The summed E-state index contributed by atoms with van der Waals surface area (Å²) in [6, 6.07) is 0.186. The number of hydrogen-bond acceptors (Lipinski definition) is 4. The number of aliphatic hydroxyl groups is 1. The number of nitrogens with zero attached hydrogens (tertiary/aromatic N) is 4. The summed E-state index contributed by atoms with van der Waals surface area (Å²) in [6.07, 6.45) is 1.60. The molecule has 2 rings (SSSR count). The van der Waals surface area contributed by atoms with Gasteiger partial charge in [0.1, 0.15) is 5.15 Å². The zero-order valence-electron chi connectivity index (χ0n) is 13.5. The number of aliphatic hydroxyl groups excluding tert-OH is 1. The van der Waals surface area contributed by atoms with Gasteiger partial charge in [-0.25, -0.2) is 0 Å². The Morgan fingerprint density at radius 2 is 1.95 bits per heavy atom. The fraction of sp³-hybridized carbons (Fsp3) is 0.733. The van der Waals surface area contributed by atoms with Crippen molar-refractivity contribution in [1.82, 2.24) is 19.6 Å². The van der Waals surface area contributed by atoms with E-state index in [1.807, 2.05) is 11.8 Å². The SMILES string of the molecule is CCc1nn(C)c(Cl)c1C(=O)N1CCN(C(CC)CO)CC1. The van der Waals surface area contributed by atoms with Crippen LogP contribution in [0, 0.1) is 0 Å². The van der Waals surface area contributed by atoms with Crippen molar-refractivity contribution in [2.75, 3.05) is 32.8 Å². The molecule has 1 N–H and O–H groups in total. The molecule has 0 aliphatic carbocycles. The second kappa shape index (κ2) is 7.44. The quantitative estimate of drug-likeness (QED) is 0.881. The molecule has 0 radical (unpaired) electrons. The van der Waals surface area contributed by atoms with E-state index in [1.54, 1.807) is 11.7 Å². The molecule has 0 saturated carbocycles. The van der Waals surface area contributed by atoms with Gasteiger partial charge in [0, 0.05) is 39.3 Å². The molecular formula is C15H25ClN4O2. The van der Waals surface area contributed by atoms with Gasteiger partial charge in [0.15, 0.2) is 0 Å². The van der Waals surface area contributed by atoms with Gasteiger partial charge in [-0.15, -0.1) is 0 Å². The molecule has 0 bridgehead atoms. The Bertz CT molecular complexity index is 520. The molecule has 1 aromatic heterocycles. The van der Waals surface area contributed by atoms with E-state index in [4.69, 9.17) is 11.6 Å². The summed E-state index contributed by atoms with van der Waals surface area (Å²) in [5.41, 5.74) is 1.29. The van der Waals surface area contributed by atoms with Gasteiger partial charge in [-0.2, -0.15) is 5.10 Å². The molecule has 1 fully saturated rings. The van der Waals surface area contributed by atoms with Crippen molar-refractivity contribution in [2.24, 2.45) is 7.05 Å². The van der Waals surface area contributed by atoms with E-state index in [0.29, 0.717) is 30.2 Å². The van der Waals surface area contributed by atoms with E-state index in [-0.39, 0.29) is 18.6 Å². The molecule has 7 heteroatoms. The number of aryl methyl sites for hydroxylation is 2. The minimum absolute atomic E-state index is 0.0355. The maximum atomic E-state index is 12.7. The maximum absolute atomic E-state index is 12.7. The van der Waals surface area contributed by atoms with Gasteiger partial charge >= 0.3 is 0 Å². The Balaban J connectivity index is 2.07. The number of halogens is 1. The molecule has 0 spiro atoms. The zero-order valence-corrected chi connectivity index (χ0v) is 14.3. The fourth-order valence-corrected chi connectivity index (χ4v) is 3.19. The molecule has 1 saturated heterocycles. The van der Waals surface area contributed by atoms with Crippen LogP contribution in [0.25, 0.3) is 0 Å². The van der Waals surface area contributed by atoms with Crippen LogP contribution >= 0.6 is 11.6 Å². The highest BCUT2D eigenvalue weighted by Gasteiger charge is 2.29. The molecule has 6 nitrogen and oxygen atoms in total. The van der Waals surface area contributed by atoms with E-state index in [0.717, 1.165) is 25.2 Å². The standard InChI is InChI=1S/C15H25ClN4O2/c1-4-11(10-21)19-6-8-20(9-7-19)15(22)13-12(5-2)17-18(3)14(13)16/h11,21H,4-10H2,1-3H3. The molecular weight excluding hydrogens is 304 g/mol. The van der Waals surface area contributed by atoms with Crippen molar-refractivity contribution in [2.45, 2.75) is 32.7 Å². The lowest BCUT2D eigenvalue weighted by molar-refractivity contribution is 0.0471. The highest BCUT2D eigenvalue weighted by molar-refractivity contribution is 6.33. The van der Waals surface area contributed by atoms with Crippen LogP contribution in [0.4, 0.5) is 0 Å². The summed E-state index contributed by atoms with van der Waals surface area (Å²) in [6.45, 7) is 7.09. The summed E-state index contributed by atoms with van der Waals surface area (Å²) in [4.78, 5) is 16.8. The first-order valence-corrected chi connectivity index (χ1v) is 8.26. The first-order chi connectivity index (χ1) is 10.5. The molecule has 1 aliphatic rings. The van der Waals surface area contributed by atoms with E-state index < -0.39 is 0 Å². The molecule has 1 amide bonds. The monoisotopic (exact) mass is 328 g/mol. The van der Waals surface area contributed by atoms with Gasteiger partial charge in [-0.05, 0) is 12.8 Å². The molecule has 22 heavy (non-hydrogen) atoms. The number of rotatable bonds is 5. The van der Waals surface area contributed by atoms with Gasteiger partial charge in [0.25, 0.3) is 5.91 Å². The van der Waals surface area contributed by atoms with Gasteiger partial charge < -0.3 is 10.0 Å². The largest absolute Gasteiger partial charge is 0.395 e.